The maximum absolute atomic E-state index is 11.6. The number of amides is 1. The predicted octanol–water partition coefficient (Wildman–Crippen LogP) is 0.256. The maximum atomic E-state index is 11.6. The molecule has 0 bridgehead atoms. The minimum Gasteiger partial charge on any atom is -0.368 e. The molecule has 19 heavy (non-hydrogen) atoms. The second-order valence-electron chi connectivity index (χ2n) is 6.02. The lowest BCUT2D eigenvalue weighted by Gasteiger charge is -2.37. The molecule has 5 nitrogen and oxygen atoms in total. The van der Waals surface area contributed by atoms with E-state index in [9.17, 15) is 4.79 Å². The average molecular weight is 270 g/mol. The lowest BCUT2D eigenvalue weighted by Crippen LogP contribution is -2.55. The first kappa shape index (κ1) is 16.4. The van der Waals surface area contributed by atoms with Gasteiger partial charge >= 0.3 is 0 Å². The van der Waals surface area contributed by atoms with E-state index in [1.165, 1.54) is 19.4 Å². The Morgan fingerprint density at radius 3 is 2.79 bits per heavy atom. The molecule has 0 aliphatic carbocycles. The first-order valence-corrected chi connectivity index (χ1v) is 7.32. The number of rotatable bonds is 7. The van der Waals surface area contributed by atoms with Crippen LogP contribution in [0.5, 0.6) is 0 Å². The zero-order valence-corrected chi connectivity index (χ0v) is 12.9. The summed E-state index contributed by atoms with van der Waals surface area (Å²) in [6, 6.07) is 0.595. The standard InChI is InChI=1S/C14H30N4O/c1-5-16-14(2,13(15)19)8-10-18(4)12-7-6-9-17(3)11-12/h12,16H,5-11H2,1-4H3,(H2,15,19). The molecule has 112 valence electrons. The number of piperidine rings is 1. The van der Waals surface area contributed by atoms with Gasteiger partial charge in [0.25, 0.3) is 0 Å². The molecule has 1 fully saturated rings. The van der Waals surface area contributed by atoms with Crippen LogP contribution in [0.15, 0.2) is 0 Å². The molecule has 1 rings (SSSR count). The van der Waals surface area contributed by atoms with Gasteiger partial charge in [-0.1, -0.05) is 6.92 Å². The number of hydrogen-bond donors (Lipinski definition) is 2. The van der Waals surface area contributed by atoms with E-state index < -0.39 is 5.54 Å². The molecule has 0 spiro atoms. The molecule has 1 aliphatic rings. The number of likely N-dealkylation sites (N-methyl/N-ethyl adjacent to an activating group) is 3. The normalized spacial score (nSPS) is 24.4. The fourth-order valence-electron chi connectivity index (χ4n) is 2.77. The SMILES string of the molecule is CCNC(C)(CCN(C)C1CCCN(C)C1)C(N)=O. The topological polar surface area (TPSA) is 61.6 Å². The van der Waals surface area contributed by atoms with E-state index in [-0.39, 0.29) is 5.91 Å². The Hall–Kier alpha value is -0.650. The number of nitrogens with zero attached hydrogens (tertiary/aromatic N) is 2. The summed E-state index contributed by atoms with van der Waals surface area (Å²) in [5, 5.41) is 3.21. The van der Waals surface area contributed by atoms with Crippen molar-refractivity contribution in [3.63, 3.8) is 0 Å². The van der Waals surface area contributed by atoms with E-state index >= 15 is 0 Å². The van der Waals surface area contributed by atoms with Gasteiger partial charge in [0.1, 0.15) is 0 Å². The van der Waals surface area contributed by atoms with Crippen LogP contribution in [0.2, 0.25) is 0 Å². The Morgan fingerprint density at radius 2 is 2.26 bits per heavy atom. The highest BCUT2D eigenvalue weighted by atomic mass is 16.1. The van der Waals surface area contributed by atoms with Gasteiger partial charge < -0.3 is 20.9 Å². The van der Waals surface area contributed by atoms with Crippen molar-refractivity contribution in [2.45, 2.75) is 44.7 Å². The number of likely N-dealkylation sites (tertiary alicyclic amines) is 1. The number of primary amides is 1. The second kappa shape index (κ2) is 7.22. The summed E-state index contributed by atoms with van der Waals surface area (Å²) in [6.07, 6.45) is 3.26. The summed E-state index contributed by atoms with van der Waals surface area (Å²) in [4.78, 5) is 16.3. The molecule has 2 unspecified atom stereocenters. The Kier molecular flexibility index (Phi) is 6.23. The number of hydrogen-bond acceptors (Lipinski definition) is 4. The van der Waals surface area contributed by atoms with Gasteiger partial charge in [-0.2, -0.15) is 0 Å². The Bertz CT molecular complexity index is 297. The van der Waals surface area contributed by atoms with Gasteiger partial charge in [0.2, 0.25) is 5.91 Å². The molecule has 0 aromatic carbocycles. The van der Waals surface area contributed by atoms with Crippen molar-refractivity contribution in [2.24, 2.45) is 5.73 Å². The maximum Gasteiger partial charge on any atom is 0.237 e. The minimum absolute atomic E-state index is 0.261. The van der Waals surface area contributed by atoms with Crippen molar-refractivity contribution < 1.29 is 4.79 Å². The fourth-order valence-corrected chi connectivity index (χ4v) is 2.77. The zero-order valence-electron chi connectivity index (χ0n) is 12.9. The number of carbonyl (C=O) groups is 1. The number of nitrogens with two attached hydrogens (primary N) is 1. The van der Waals surface area contributed by atoms with E-state index in [0.717, 1.165) is 26.1 Å². The minimum atomic E-state index is -0.594. The first-order valence-electron chi connectivity index (χ1n) is 7.32. The number of carbonyl (C=O) groups excluding carboxylic acids is 1. The zero-order chi connectivity index (χ0) is 14.5. The molecule has 0 radical (unpaired) electrons. The molecule has 1 saturated heterocycles. The smallest absolute Gasteiger partial charge is 0.237 e. The van der Waals surface area contributed by atoms with Crippen LogP contribution < -0.4 is 11.1 Å². The van der Waals surface area contributed by atoms with Gasteiger partial charge in [-0.25, -0.2) is 0 Å². The summed E-state index contributed by atoms with van der Waals surface area (Å²) in [5.74, 6) is -0.261. The molecule has 5 heteroatoms. The van der Waals surface area contributed by atoms with Crippen LogP contribution in [-0.4, -0.2) is 67.6 Å². The van der Waals surface area contributed by atoms with Gasteiger partial charge in [-0.3, -0.25) is 4.79 Å². The summed E-state index contributed by atoms with van der Waals surface area (Å²) < 4.78 is 0. The molecule has 1 heterocycles. The van der Waals surface area contributed by atoms with Gasteiger partial charge in [0.15, 0.2) is 0 Å². The van der Waals surface area contributed by atoms with Crippen LogP contribution in [0.25, 0.3) is 0 Å². The molecular weight excluding hydrogens is 240 g/mol. The van der Waals surface area contributed by atoms with Crippen LogP contribution in [0.3, 0.4) is 0 Å². The highest BCUT2D eigenvalue weighted by molar-refractivity contribution is 5.84. The molecule has 2 atom stereocenters. The van der Waals surface area contributed by atoms with Crippen LogP contribution >= 0.6 is 0 Å². The summed E-state index contributed by atoms with van der Waals surface area (Å²) in [6.45, 7) is 7.87. The Morgan fingerprint density at radius 1 is 1.58 bits per heavy atom. The predicted molar refractivity (Wildman–Crippen MR) is 79.0 cm³/mol. The third-order valence-corrected chi connectivity index (χ3v) is 4.30. The van der Waals surface area contributed by atoms with Gasteiger partial charge in [-0.15, -0.1) is 0 Å². The molecular formula is C14H30N4O. The van der Waals surface area contributed by atoms with Crippen molar-refractivity contribution in [1.82, 2.24) is 15.1 Å². The first-order chi connectivity index (χ1) is 8.89. The Labute approximate surface area is 117 Å². The largest absolute Gasteiger partial charge is 0.368 e. The van der Waals surface area contributed by atoms with Crippen LogP contribution in [0, 0.1) is 0 Å². The van der Waals surface area contributed by atoms with Crippen molar-refractivity contribution in [1.29, 1.82) is 0 Å². The molecule has 3 N–H and O–H groups in total. The highest BCUT2D eigenvalue weighted by Crippen LogP contribution is 2.16. The monoisotopic (exact) mass is 270 g/mol. The van der Waals surface area contributed by atoms with Crippen molar-refractivity contribution in [3.8, 4) is 0 Å². The third-order valence-electron chi connectivity index (χ3n) is 4.30. The van der Waals surface area contributed by atoms with Crippen molar-refractivity contribution >= 4 is 5.91 Å². The van der Waals surface area contributed by atoms with E-state index in [4.69, 9.17) is 5.73 Å². The van der Waals surface area contributed by atoms with Gasteiger partial charge in [0, 0.05) is 19.1 Å². The summed E-state index contributed by atoms with van der Waals surface area (Å²) in [7, 11) is 4.32. The van der Waals surface area contributed by atoms with Crippen LogP contribution in [0.1, 0.15) is 33.1 Å². The average Bonchev–Trinajstić information content (AvgIpc) is 2.36. The van der Waals surface area contributed by atoms with Crippen molar-refractivity contribution in [3.05, 3.63) is 0 Å². The molecule has 0 aromatic rings. The van der Waals surface area contributed by atoms with Crippen molar-refractivity contribution in [2.75, 3.05) is 40.3 Å². The van der Waals surface area contributed by atoms with Crippen LogP contribution in [0.4, 0.5) is 0 Å². The Balaban J connectivity index is 2.47. The van der Waals surface area contributed by atoms with Crippen LogP contribution in [-0.2, 0) is 4.79 Å². The van der Waals surface area contributed by atoms with Gasteiger partial charge in [0.05, 0.1) is 5.54 Å². The number of nitrogens with one attached hydrogen (secondary N) is 1. The molecule has 1 aliphatic heterocycles. The lowest BCUT2D eigenvalue weighted by atomic mass is 9.95. The van der Waals surface area contributed by atoms with E-state index in [1.807, 2.05) is 13.8 Å². The van der Waals surface area contributed by atoms with E-state index in [0.29, 0.717) is 6.04 Å². The molecule has 0 aromatic heterocycles. The molecule has 0 saturated carbocycles. The van der Waals surface area contributed by atoms with Gasteiger partial charge in [-0.05, 0) is 53.4 Å². The lowest BCUT2D eigenvalue weighted by molar-refractivity contribution is -0.124. The van der Waals surface area contributed by atoms with E-state index in [1.54, 1.807) is 0 Å². The third kappa shape index (κ3) is 4.75. The highest BCUT2D eigenvalue weighted by Gasteiger charge is 2.31. The summed E-state index contributed by atoms with van der Waals surface area (Å²) >= 11 is 0. The fraction of sp³-hybridized carbons (Fsp3) is 0.929. The second-order valence-corrected chi connectivity index (χ2v) is 6.02. The molecule has 1 amide bonds. The van der Waals surface area contributed by atoms with E-state index in [2.05, 4.69) is 29.2 Å². The quantitative estimate of drug-likeness (QED) is 0.696. The summed E-state index contributed by atoms with van der Waals surface area (Å²) in [5.41, 5.74) is 4.92.